The standard InChI is InChI=1S/C23H22F4N4O3S/c1-3-16-12-15(13-18(24)21(16)30-35(2,33)34)14-28-20(32)9-7-17-6-8-19(23(25,26)27)29-22(17)31-10-4-5-11-31/h1,6-9,12-13,30H,4-5,10-11,14H2,2H3,(H,28,32)/b9-7-. The topological polar surface area (TPSA) is 91.4 Å². The molecule has 1 fully saturated rings. The second kappa shape index (κ2) is 10.4. The maximum absolute atomic E-state index is 14.4. The van der Waals surface area contributed by atoms with Crippen LogP contribution in [0.4, 0.5) is 29.1 Å². The Balaban J connectivity index is 1.75. The summed E-state index contributed by atoms with van der Waals surface area (Å²) in [5.41, 5.74) is -0.784. The minimum Gasteiger partial charge on any atom is -0.356 e. The van der Waals surface area contributed by atoms with Gasteiger partial charge in [0.05, 0.1) is 17.5 Å². The van der Waals surface area contributed by atoms with Crippen molar-refractivity contribution in [2.75, 3.05) is 29.0 Å². The number of carbonyl (C=O) groups excluding carboxylic acids is 1. The molecule has 0 spiro atoms. The monoisotopic (exact) mass is 510 g/mol. The molecule has 0 atom stereocenters. The lowest BCUT2D eigenvalue weighted by molar-refractivity contribution is -0.141. The molecule has 1 aliphatic rings. The first-order chi connectivity index (χ1) is 16.4. The summed E-state index contributed by atoms with van der Waals surface area (Å²) in [6.45, 7) is 1.00. The van der Waals surface area contributed by atoms with Crippen molar-refractivity contribution in [2.45, 2.75) is 25.6 Å². The van der Waals surface area contributed by atoms with Gasteiger partial charge in [-0.25, -0.2) is 17.8 Å². The minimum absolute atomic E-state index is 0.0405. The van der Waals surface area contributed by atoms with E-state index in [1.807, 2.05) is 4.72 Å². The number of anilines is 2. The van der Waals surface area contributed by atoms with E-state index in [0.717, 1.165) is 37.3 Å². The van der Waals surface area contributed by atoms with E-state index in [-0.39, 0.29) is 29.2 Å². The largest absolute Gasteiger partial charge is 0.433 e. The number of hydrogen-bond acceptors (Lipinski definition) is 5. The molecule has 2 heterocycles. The van der Waals surface area contributed by atoms with Crippen molar-refractivity contribution in [1.29, 1.82) is 0 Å². The highest BCUT2D eigenvalue weighted by atomic mass is 32.2. The number of sulfonamides is 1. The summed E-state index contributed by atoms with van der Waals surface area (Å²) in [6.07, 6.45) is 5.78. The summed E-state index contributed by atoms with van der Waals surface area (Å²) in [6, 6.07) is 4.50. The fraction of sp³-hybridized carbons (Fsp3) is 0.304. The number of terminal acetylenes is 1. The molecule has 0 radical (unpaired) electrons. The van der Waals surface area contributed by atoms with Gasteiger partial charge >= 0.3 is 6.18 Å². The molecule has 1 saturated heterocycles. The van der Waals surface area contributed by atoms with E-state index in [1.54, 1.807) is 4.90 Å². The zero-order valence-electron chi connectivity index (χ0n) is 18.6. The summed E-state index contributed by atoms with van der Waals surface area (Å²) in [5, 5.41) is 2.53. The zero-order chi connectivity index (χ0) is 25.8. The molecule has 0 aliphatic carbocycles. The molecule has 1 aromatic carbocycles. The molecule has 1 amide bonds. The lowest BCUT2D eigenvalue weighted by Gasteiger charge is -2.20. The number of rotatable bonds is 7. The lowest BCUT2D eigenvalue weighted by Crippen LogP contribution is -2.22. The van der Waals surface area contributed by atoms with Crippen molar-refractivity contribution < 1.29 is 30.8 Å². The van der Waals surface area contributed by atoms with Crippen LogP contribution in [-0.2, 0) is 27.5 Å². The van der Waals surface area contributed by atoms with Crippen molar-refractivity contribution >= 4 is 33.5 Å². The number of nitrogens with one attached hydrogen (secondary N) is 2. The van der Waals surface area contributed by atoms with Gasteiger partial charge in [-0.05, 0) is 48.7 Å². The lowest BCUT2D eigenvalue weighted by atomic mass is 10.1. The molecule has 12 heteroatoms. The molecule has 2 N–H and O–H groups in total. The maximum atomic E-state index is 14.4. The number of halogens is 4. The predicted octanol–water partition coefficient (Wildman–Crippen LogP) is 3.52. The van der Waals surface area contributed by atoms with Gasteiger partial charge < -0.3 is 10.2 Å². The first kappa shape index (κ1) is 26.0. The third-order valence-corrected chi connectivity index (χ3v) is 5.65. The number of pyridine rings is 1. The van der Waals surface area contributed by atoms with Crippen LogP contribution >= 0.6 is 0 Å². The van der Waals surface area contributed by atoms with Gasteiger partial charge in [-0.1, -0.05) is 5.92 Å². The smallest absolute Gasteiger partial charge is 0.356 e. The van der Waals surface area contributed by atoms with Gasteiger partial charge in [0.15, 0.2) is 0 Å². The van der Waals surface area contributed by atoms with Gasteiger partial charge in [-0.15, -0.1) is 6.42 Å². The highest BCUT2D eigenvalue weighted by Crippen LogP contribution is 2.32. The fourth-order valence-electron chi connectivity index (χ4n) is 3.51. The summed E-state index contributed by atoms with van der Waals surface area (Å²) < 4.78 is 78.6. The molecule has 1 aromatic heterocycles. The van der Waals surface area contributed by atoms with Crippen LogP contribution in [-0.4, -0.2) is 38.7 Å². The third-order valence-electron chi connectivity index (χ3n) is 5.08. The molecule has 35 heavy (non-hydrogen) atoms. The Morgan fingerprint density at radius 2 is 1.94 bits per heavy atom. The molecule has 0 unspecified atom stereocenters. The molecular formula is C23H22F4N4O3S. The number of alkyl halides is 3. The highest BCUT2D eigenvalue weighted by Gasteiger charge is 2.33. The molecule has 0 saturated carbocycles. The Kier molecular flexibility index (Phi) is 7.70. The van der Waals surface area contributed by atoms with E-state index in [0.29, 0.717) is 18.7 Å². The Morgan fingerprint density at radius 3 is 2.54 bits per heavy atom. The second-order valence-corrected chi connectivity index (χ2v) is 9.62. The predicted molar refractivity (Wildman–Crippen MR) is 124 cm³/mol. The van der Waals surface area contributed by atoms with Crippen molar-refractivity contribution in [3.63, 3.8) is 0 Å². The maximum Gasteiger partial charge on any atom is 0.433 e. The van der Waals surface area contributed by atoms with Gasteiger partial charge in [0.1, 0.15) is 17.3 Å². The second-order valence-electron chi connectivity index (χ2n) is 7.87. The van der Waals surface area contributed by atoms with E-state index < -0.39 is 33.6 Å². The van der Waals surface area contributed by atoms with Crippen LogP contribution < -0.4 is 14.9 Å². The van der Waals surface area contributed by atoms with Crippen molar-refractivity contribution in [3.05, 3.63) is 58.5 Å². The zero-order valence-corrected chi connectivity index (χ0v) is 19.4. The Bertz CT molecular complexity index is 1300. The van der Waals surface area contributed by atoms with E-state index in [2.05, 4.69) is 16.2 Å². The Hall–Kier alpha value is -3.59. The molecule has 0 bridgehead atoms. The SMILES string of the molecule is C#Cc1cc(CNC(=O)/C=C\c2ccc(C(F)(F)F)nc2N2CCCC2)cc(F)c1NS(C)(=O)=O. The Labute approximate surface area is 200 Å². The first-order valence-corrected chi connectivity index (χ1v) is 12.3. The van der Waals surface area contributed by atoms with Gasteiger partial charge in [0.2, 0.25) is 15.9 Å². The van der Waals surface area contributed by atoms with Crippen molar-refractivity contribution in [1.82, 2.24) is 10.3 Å². The van der Waals surface area contributed by atoms with Crippen LogP contribution in [0, 0.1) is 18.2 Å². The third kappa shape index (κ3) is 6.95. The van der Waals surface area contributed by atoms with Gasteiger partial charge in [-0.3, -0.25) is 9.52 Å². The molecule has 7 nitrogen and oxygen atoms in total. The van der Waals surface area contributed by atoms with Crippen LogP contribution in [0.2, 0.25) is 0 Å². The number of carbonyl (C=O) groups is 1. The summed E-state index contributed by atoms with van der Waals surface area (Å²) in [7, 11) is -3.76. The van der Waals surface area contributed by atoms with E-state index in [1.165, 1.54) is 18.2 Å². The van der Waals surface area contributed by atoms with Crippen molar-refractivity contribution in [2.24, 2.45) is 0 Å². The van der Waals surface area contributed by atoms with E-state index >= 15 is 0 Å². The highest BCUT2D eigenvalue weighted by molar-refractivity contribution is 7.92. The quantitative estimate of drug-likeness (QED) is 0.338. The fourth-order valence-corrected chi connectivity index (χ4v) is 4.09. The van der Waals surface area contributed by atoms with Gasteiger partial charge in [0.25, 0.3) is 0 Å². The van der Waals surface area contributed by atoms with Crippen LogP contribution in [0.15, 0.2) is 30.3 Å². The Morgan fingerprint density at radius 1 is 1.26 bits per heavy atom. The molecule has 2 aromatic rings. The summed E-state index contributed by atoms with van der Waals surface area (Å²) >= 11 is 0. The van der Waals surface area contributed by atoms with E-state index in [9.17, 15) is 30.8 Å². The molecular weight excluding hydrogens is 488 g/mol. The number of benzene rings is 1. The average molecular weight is 511 g/mol. The average Bonchev–Trinajstić information content (AvgIpc) is 3.31. The molecule has 186 valence electrons. The normalized spacial score (nSPS) is 14.2. The van der Waals surface area contributed by atoms with Crippen LogP contribution in [0.1, 0.15) is 35.2 Å². The summed E-state index contributed by atoms with van der Waals surface area (Å²) in [5.74, 6) is 0.855. The minimum atomic E-state index is -4.59. The van der Waals surface area contributed by atoms with Crippen LogP contribution in [0.5, 0.6) is 0 Å². The van der Waals surface area contributed by atoms with Gasteiger partial charge in [0, 0.05) is 31.3 Å². The number of hydrogen-bond donors (Lipinski definition) is 2. The van der Waals surface area contributed by atoms with Gasteiger partial charge in [-0.2, -0.15) is 13.2 Å². The summed E-state index contributed by atoms with van der Waals surface area (Å²) in [4.78, 5) is 17.8. The van der Waals surface area contributed by atoms with Crippen molar-refractivity contribution in [3.8, 4) is 12.3 Å². The number of nitrogens with zero attached hydrogens (tertiary/aromatic N) is 2. The first-order valence-electron chi connectivity index (χ1n) is 10.4. The van der Waals surface area contributed by atoms with E-state index in [4.69, 9.17) is 6.42 Å². The number of amides is 1. The molecule has 3 rings (SSSR count). The number of aromatic nitrogens is 1. The molecule has 1 aliphatic heterocycles. The van der Waals surface area contributed by atoms with Crippen LogP contribution in [0.25, 0.3) is 6.08 Å². The van der Waals surface area contributed by atoms with Crippen LogP contribution in [0.3, 0.4) is 0 Å².